The molecule has 0 aromatic carbocycles. The first-order valence-corrected chi connectivity index (χ1v) is 6.94. The van der Waals surface area contributed by atoms with Gasteiger partial charge in [-0.2, -0.15) is 0 Å². The van der Waals surface area contributed by atoms with Crippen molar-refractivity contribution in [3.8, 4) is 10.8 Å². The molecule has 7 nitrogen and oxygen atoms in total. The molecule has 0 aliphatic rings. The van der Waals surface area contributed by atoms with Crippen molar-refractivity contribution in [3.05, 3.63) is 40.8 Å². The summed E-state index contributed by atoms with van der Waals surface area (Å²) in [5, 5.41) is 11.2. The molecule has 3 rings (SSSR count). The van der Waals surface area contributed by atoms with Crippen LogP contribution in [0.15, 0.2) is 28.9 Å². The summed E-state index contributed by atoms with van der Waals surface area (Å²) in [5.74, 6) is 0.0212. The molecule has 0 aliphatic heterocycles. The van der Waals surface area contributed by atoms with Crippen LogP contribution in [-0.4, -0.2) is 26.1 Å². The second-order valence-corrected chi connectivity index (χ2v) is 5.45. The normalized spacial score (nSPS) is 10.6. The first kappa shape index (κ1) is 13.4. The molecule has 0 atom stereocenters. The van der Waals surface area contributed by atoms with E-state index in [9.17, 15) is 4.79 Å². The van der Waals surface area contributed by atoms with E-state index in [0.29, 0.717) is 11.5 Å². The maximum Gasteiger partial charge on any atom is 0.322 e. The van der Waals surface area contributed by atoms with Gasteiger partial charge in [0.05, 0.1) is 10.7 Å². The van der Waals surface area contributed by atoms with E-state index >= 15 is 0 Å². The van der Waals surface area contributed by atoms with Crippen LogP contribution < -0.4 is 5.32 Å². The lowest BCUT2D eigenvalue weighted by Crippen LogP contribution is -2.11. The second-order valence-electron chi connectivity index (χ2n) is 4.25. The molecule has 0 bridgehead atoms. The predicted molar refractivity (Wildman–Crippen MR) is 77.1 cm³/mol. The standard InChI is InChI=1S/C13H11N5O2S/c1-7-10(21-8(2)15-7)12-17-18-13(20-12)16-11(19)9-3-5-14-6-4-9/h3-6H,1-2H3,(H,16,18,19). The molecule has 0 radical (unpaired) electrons. The smallest absolute Gasteiger partial charge is 0.322 e. The van der Waals surface area contributed by atoms with Crippen molar-refractivity contribution in [2.45, 2.75) is 13.8 Å². The molecule has 0 aliphatic carbocycles. The third-order valence-electron chi connectivity index (χ3n) is 2.69. The highest BCUT2D eigenvalue weighted by Crippen LogP contribution is 2.29. The average molecular weight is 301 g/mol. The highest BCUT2D eigenvalue weighted by atomic mass is 32.1. The van der Waals surface area contributed by atoms with Crippen molar-refractivity contribution < 1.29 is 9.21 Å². The van der Waals surface area contributed by atoms with E-state index in [0.717, 1.165) is 15.6 Å². The van der Waals surface area contributed by atoms with Crippen molar-refractivity contribution in [1.82, 2.24) is 20.2 Å². The van der Waals surface area contributed by atoms with Crippen molar-refractivity contribution in [2.24, 2.45) is 0 Å². The van der Waals surface area contributed by atoms with Gasteiger partial charge in [-0.15, -0.1) is 16.4 Å². The summed E-state index contributed by atoms with van der Waals surface area (Å²) < 4.78 is 5.46. The maximum absolute atomic E-state index is 12.0. The zero-order chi connectivity index (χ0) is 14.8. The molecule has 0 saturated heterocycles. The Morgan fingerprint density at radius 1 is 1.24 bits per heavy atom. The van der Waals surface area contributed by atoms with Gasteiger partial charge in [0, 0.05) is 18.0 Å². The fourth-order valence-electron chi connectivity index (χ4n) is 1.77. The Bertz CT molecular complexity index is 781. The van der Waals surface area contributed by atoms with E-state index in [2.05, 4.69) is 25.5 Å². The molecule has 3 aromatic heterocycles. The van der Waals surface area contributed by atoms with Gasteiger partial charge in [0.2, 0.25) is 0 Å². The fourth-order valence-corrected chi connectivity index (χ4v) is 2.61. The summed E-state index contributed by atoms with van der Waals surface area (Å²) in [6.45, 7) is 3.78. The Hall–Kier alpha value is -2.61. The van der Waals surface area contributed by atoms with Crippen molar-refractivity contribution >= 4 is 23.3 Å². The third-order valence-corrected chi connectivity index (χ3v) is 3.75. The average Bonchev–Trinajstić information content (AvgIpc) is 3.06. The lowest BCUT2D eigenvalue weighted by molar-refractivity contribution is 0.102. The number of aryl methyl sites for hydroxylation is 2. The molecule has 3 heterocycles. The number of amides is 1. The molecule has 0 spiro atoms. The van der Waals surface area contributed by atoms with Crippen LogP contribution in [0.3, 0.4) is 0 Å². The molecular formula is C13H11N5O2S. The van der Waals surface area contributed by atoms with Crippen LogP contribution in [0.4, 0.5) is 6.01 Å². The number of nitrogens with one attached hydrogen (secondary N) is 1. The van der Waals surface area contributed by atoms with Crippen LogP contribution >= 0.6 is 11.3 Å². The molecule has 3 aromatic rings. The Balaban J connectivity index is 1.80. The van der Waals surface area contributed by atoms with Gasteiger partial charge in [0.25, 0.3) is 11.8 Å². The van der Waals surface area contributed by atoms with Crippen LogP contribution in [-0.2, 0) is 0 Å². The minimum atomic E-state index is -0.329. The third kappa shape index (κ3) is 2.79. The van der Waals surface area contributed by atoms with Crippen molar-refractivity contribution in [3.63, 3.8) is 0 Å². The van der Waals surface area contributed by atoms with E-state index in [1.165, 1.54) is 23.7 Å². The Morgan fingerprint density at radius 3 is 2.67 bits per heavy atom. The lowest BCUT2D eigenvalue weighted by atomic mass is 10.2. The van der Waals surface area contributed by atoms with Gasteiger partial charge in [0.15, 0.2) is 0 Å². The fraction of sp³-hybridized carbons (Fsp3) is 0.154. The second kappa shape index (κ2) is 5.41. The number of aromatic nitrogens is 4. The Labute approximate surface area is 124 Å². The topological polar surface area (TPSA) is 93.8 Å². The van der Waals surface area contributed by atoms with E-state index < -0.39 is 0 Å². The first-order valence-electron chi connectivity index (χ1n) is 6.13. The Kier molecular flexibility index (Phi) is 3.44. The van der Waals surface area contributed by atoms with E-state index in [1.54, 1.807) is 12.1 Å². The van der Waals surface area contributed by atoms with Crippen LogP contribution in [0.1, 0.15) is 21.1 Å². The molecule has 1 N–H and O–H groups in total. The van der Waals surface area contributed by atoms with E-state index in [4.69, 9.17) is 4.42 Å². The molecule has 0 saturated carbocycles. The summed E-state index contributed by atoms with van der Waals surface area (Å²) in [7, 11) is 0. The molecule has 0 fully saturated rings. The van der Waals surface area contributed by atoms with Gasteiger partial charge >= 0.3 is 6.01 Å². The maximum atomic E-state index is 12.0. The minimum absolute atomic E-state index is 0.0530. The van der Waals surface area contributed by atoms with Gasteiger partial charge in [-0.25, -0.2) is 4.98 Å². The zero-order valence-corrected chi connectivity index (χ0v) is 12.1. The largest absolute Gasteiger partial charge is 0.402 e. The number of rotatable bonds is 3. The summed E-state index contributed by atoms with van der Waals surface area (Å²) >= 11 is 1.47. The summed E-state index contributed by atoms with van der Waals surface area (Å²) in [6.07, 6.45) is 3.08. The molecule has 21 heavy (non-hydrogen) atoms. The molecular weight excluding hydrogens is 290 g/mol. The van der Waals surface area contributed by atoms with Crippen LogP contribution in [0.5, 0.6) is 0 Å². The summed E-state index contributed by atoms with van der Waals surface area (Å²) in [4.78, 5) is 20.9. The molecule has 0 unspecified atom stereocenters. The van der Waals surface area contributed by atoms with Crippen molar-refractivity contribution in [1.29, 1.82) is 0 Å². The number of thiazole rings is 1. The summed E-state index contributed by atoms with van der Waals surface area (Å²) in [5.41, 5.74) is 1.29. The number of hydrogen-bond donors (Lipinski definition) is 1. The van der Waals surface area contributed by atoms with Gasteiger partial charge < -0.3 is 4.42 Å². The van der Waals surface area contributed by atoms with Gasteiger partial charge in [0.1, 0.15) is 4.88 Å². The van der Waals surface area contributed by atoms with Crippen LogP contribution in [0.2, 0.25) is 0 Å². The number of carbonyl (C=O) groups is 1. The van der Waals surface area contributed by atoms with Crippen molar-refractivity contribution in [2.75, 3.05) is 5.32 Å². The van der Waals surface area contributed by atoms with Gasteiger partial charge in [-0.05, 0) is 26.0 Å². The van der Waals surface area contributed by atoms with E-state index in [1.807, 2.05) is 13.8 Å². The highest BCUT2D eigenvalue weighted by Gasteiger charge is 2.16. The number of hydrogen-bond acceptors (Lipinski definition) is 7. The molecule has 106 valence electrons. The molecule has 8 heteroatoms. The van der Waals surface area contributed by atoms with Crippen LogP contribution in [0, 0.1) is 13.8 Å². The van der Waals surface area contributed by atoms with Gasteiger partial charge in [-0.1, -0.05) is 5.10 Å². The quantitative estimate of drug-likeness (QED) is 0.798. The first-order chi connectivity index (χ1) is 10.1. The zero-order valence-electron chi connectivity index (χ0n) is 11.3. The number of pyridine rings is 1. The number of nitrogens with zero attached hydrogens (tertiary/aromatic N) is 4. The number of anilines is 1. The van der Waals surface area contributed by atoms with E-state index in [-0.39, 0.29) is 11.9 Å². The number of carbonyl (C=O) groups excluding carboxylic acids is 1. The molecule has 1 amide bonds. The minimum Gasteiger partial charge on any atom is -0.402 e. The highest BCUT2D eigenvalue weighted by molar-refractivity contribution is 7.15. The SMILES string of the molecule is Cc1nc(C)c(-c2nnc(NC(=O)c3ccncc3)o2)s1. The van der Waals surface area contributed by atoms with Crippen LogP contribution in [0.25, 0.3) is 10.8 Å². The lowest BCUT2D eigenvalue weighted by Gasteiger charge is -1.98. The Morgan fingerprint density at radius 2 is 2.00 bits per heavy atom. The summed E-state index contributed by atoms with van der Waals surface area (Å²) in [6, 6.07) is 3.25. The predicted octanol–water partition coefficient (Wildman–Crippen LogP) is 2.46. The monoisotopic (exact) mass is 301 g/mol. The van der Waals surface area contributed by atoms with Gasteiger partial charge in [-0.3, -0.25) is 15.1 Å².